The molecule has 1 saturated carbocycles. The van der Waals surface area contributed by atoms with Crippen molar-refractivity contribution in [3.05, 3.63) is 76.9 Å². The van der Waals surface area contributed by atoms with E-state index in [0.29, 0.717) is 12.8 Å². The van der Waals surface area contributed by atoms with Crippen LogP contribution >= 0.6 is 0 Å². The molecule has 48 heavy (non-hydrogen) atoms. The minimum Gasteiger partial charge on any atom is -0.458 e. The first-order chi connectivity index (χ1) is 23.1. The molecule has 6 atom stereocenters. The van der Waals surface area contributed by atoms with Crippen molar-refractivity contribution >= 4 is 29.8 Å². The van der Waals surface area contributed by atoms with Crippen molar-refractivity contribution in [3.8, 4) is 0 Å². The predicted molar refractivity (Wildman–Crippen MR) is 169 cm³/mol. The normalized spacial score (nSPS) is 29.4. The standard InChI is InChI=1S/C35H40N4O9/c1-38(2)27(42)11-10-21-6-5-7-22(16-21)20-39-30-32(43)45-25-19-35(30,33(44)37-13-12-26(41)36-14-15-40)31(48-39)29-28(25)46-34(47-29)17-23-8-3-4-9-24(23)18-34/h3-11,16,25,28-31,40H,12-15,17-20H2,1-2H3,(H,36,41)(H,37,44)/t25-,28+,29+,30+,31-,35+/m1/s1. The largest absolute Gasteiger partial charge is 0.458 e. The van der Waals surface area contributed by atoms with Gasteiger partial charge in [0.2, 0.25) is 17.7 Å². The summed E-state index contributed by atoms with van der Waals surface area (Å²) in [5, 5.41) is 16.0. The first-order valence-corrected chi connectivity index (χ1v) is 16.3. The first kappa shape index (κ1) is 32.4. The van der Waals surface area contributed by atoms with Crippen LogP contribution in [0.25, 0.3) is 6.08 Å². The molecule has 13 heteroatoms. The van der Waals surface area contributed by atoms with Gasteiger partial charge in [-0.3, -0.25) is 24.0 Å². The van der Waals surface area contributed by atoms with Crippen molar-refractivity contribution in [1.29, 1.82) is 0 Å². The van der Waals surface area contributed by atoms with Gasteiger partial charge in [0.05, 0.1) is 13.2 Å². The minimum atomic E-state index is -1.38. The maximum Gasteiger partial charge on any atom is 0.327 e. The van der Waals surface area contributed by atoms with Gasteiger partial charge in [-0.05, 0) is 28.3 Å². The maximum atomic E-state index is 14.3. The molecule has 3 amide bonds. The highest BCUT2D eigenvalue weighted by molar-refractivity contribution is 5.94. The average Bonchev–Trinajstić information content (AvgIpc) is 3.74. The smallest absolute Gasteiger partial charge is 0.327 e. The molecular formula is C35H40N4O9. The Kier molecular flexibility index (Phi) is 8.58. The number of likely N-dealkylation sites (N-methyl/N-ethyl adjacent to an activating group) is 1. The molecule has 5 aliphatic rings. The number of nitrogens with one attached hydrogen (secondary N) is 2. The summed E-state index contributed by atoms with van der Waals surface area (Å²) >= 11 is 0. The summed E-state index contributed by atoms with van der Waals surface area (Å²) in [6.07, 6.45) is 1.46. The maximum absolute atomic E-state index is 14.3. The van der Waals surface area contributed by atoms with Crippen LogP contribution in [0.2, 0.25) is 0 Å². The quantitative estimate of drug-likeness (QED) is 0.242. The van der Waals surface area contributed by atoms with E-state index in [9.17, 15) is 19.2 Å². The van der Waals surface area contributed by atoms with Gasteiger partial charge in [-0.1, -0.05) is 48.5 Å². The molecule has 2 bridgehead atoms. The van der Waals surface area contributed by atoms with Crippen LogP contribution in [0.1, 0.15) is 35.1 Å². The van der Waals surface area contributed by atoms with E-state index in [1.165, 1.54) is 16.0 Å². The summed E-state index contributed by atoms with van der Waals surface area (Å²) in [6.45, 7) is 0.109. The Hall–Kier alpha value is -4.14. The molecule has 0 unspecified atom stereocenters. The van der Waals surface area contributed by atoms with Crippen LogP contribution in [0.15, 0.2) is 54.6 Å². The number of aliphatic hydroxyl groups excluding tert-OH is 1. The van der Waals surface area contributed by atoms with E-state index in [4.69, 9.17) is 24.2 Å². The molecule has 2 aromatic carbocycles. The van der Waals surface area contributed by atoms with Crippen molar-refractivity contribution in [2.24, 2.45) is 5.41 Å². The second-order valence-corrected chi connectivity index (χ2v) is 13.3. The van der Waals surface area contributed by atoms with Gasteiger partial charge >= 0.3 is 5.97 Å². The summed E-state index contributed by atoms with van der Waals surface area (Å²) in [5.41, 5.74) is 2.45. The zero-order valence-electron chi connectivity index (χ0n) is 26.9. The lowest BCUT2D eigenvalue weighted by atomic mass is 9.62. The van der Waals surface area contributed by atoms with E-state index in [1.54, 1.807) is 20.2 Å². The lowest BCUT2D eigenvalue weighted by Crippen LogP contribution is -2.69. The van der Waals surface area contributed by atoms with Gasteiger partial charge in [-0.25, -0.2) is 0 Å². The molecule has 1 spiro atoms. The van der Waals surface area contributed by atoms with Crippen molar-refractivity contribution < 1.29 is 43.3 Å². The van der Waals surface area contributed by atoms with Crippen LogP contribution in [0.5, 0.6) is 0 Å². The van der Waals surface area contributed by atoms with Gasteiger partial charge in [0.1, 0.15) is 29.8 Å². The molecule has 3 saturated heterocycles. The lowest BCUT2D eigenvalue weighted by Gasteiger charge is -2.48. The number of carbonyl (C=O) groups is 4. The third kappa shape index (κ3) is 5.69. The number of esters is 1. The van der Waals surface area contributed by atoms with Gasteiger partial charge in [0.25, 0.3) is 0 Å². The Morgan fingerprint density at radius 3 is 2.50 bits per heavy atom. The van der Waals surface area contributed by atoms with Gasteiger partial charge < -0.3 is 34.9 Å². The monoisotopic (exact) mass is 660 g/mol. The Labute approximate surface area is 278 Å². The fourth-order valence-corrected chi connectivity index (χ4v) is 7.79. The summed E-state index contributed by atoms with van der Waals surface area (Å²) in [6, 6.07) is 14.5. The van der Waals surface area contributed by atoms with Crippen LogP contribution in [0.3, 0.4) is 0 Å². The Bertz CT molecular complexity index is 1620. The summed E-state index contributed by atoms with van der Waals surface area (Å²) in [4.78, 5) is 60.7. The molecule has 3 N–H and O–H groups in total. The molecule has 2 aliphatic carbocycles. The third-order valence-electron chi connectivity index (χ3n) is 9.93. The SMILES string of the molecule is CN(C)C(=O)C=Cc1cccc(CN2O[C@@H]3[C@H]4OC5(Cc6ccccc6C5)O[C@H]4[C@H]4C[C@]3(C(=O)NCCC(=O)NCCO)[C@@H]2C(=O)O4)c1. The van der Waals surface area contributed by atoms with Crippen molar-refractivity contribution in [2.45, 2.75) is 68.5 Å². The lowest BCUT2D eigenvalue weighted by molar-refractivity contribution is -0.217. The fraction of sp³-hybridized carbons (Fsp3) is 0.486. The summed E-state index contributed by atoms with van der Waals surface area (Å²) in [5.74, 6) is -2.45. The van der Waals surface area contributed by atoms with E-state index < -0.39 is 53.5 Å². The Morgan fingerprint density at radius 2 is 1.77 bits per heavy atom. The molecule has 3 aliphatic heterocycles. The van der Waals surface area contributed by atoms with E-state index in [2.05, 4.69) is 10.6 Å². The molecule has 13 nitrogen and oxygen atoms in total. The molecule has 254 valence electrons. The number of benzene rings is 2. The van der Waals surface area contributed by atoms with Gasteiger partial charge in [-0.15, -0.1) is 0 Å². The average molecular weight is 661 g/mol. The zero-order valence-corrected chi connectivity index (χ0v) is 26.9. The highest BCUT2D eigenvalue weighted by Crippen LogP contribution is 2.58. The molecular weight excluding hydrogens is 620 g/mol. The van der Waals surface area contributed by atoms with E-state index in [1.807, 2.05) is 48.5 Å². The molecule has 3 heterocycles. The number of amides is 3. The third-order valence-corrected chi connectivity index (χ3v) is 9.93. The van der Waals surface area contributed by atoms with Crippen LogP contribution in [-0.2, 0) is 57.6 Å². The molecule has 2 aromatic rings. The number of hydroxylamine groups is 2. The minimum absolute atomic E-state index is 0.000725. The number of hydrogen-bond acceptors (Lipinski definition) is 10. The van der Waals surface area contributed by atoms with Crippen LogP contribution in [0.4, 0.5) is 0 Å². The Balaban J connectivity index is 1.18. The van der Waals surface area contributed by atoms with Gasteiger partial charge in [0.15, 0.2) is 11.8 Å². The molecule has 7 rings (SSSR count). The zero-order chi connectivity index (χ0) is 33.6. The van der Waals surface area contributed by atoms with E-state index in [0.717, 1.165) is 22.3 Å². The van der Waals surface area contributed by atoms with Crippen molar-refractivity contribution in [2.75, 3.05) is 33.8 Å². The number of fused-ring (bicyclic) bond motifs is 5. The molecule has 4 fully saturated rings. The predicted octanol–water partition coefficient (Wildman–Crippen LogP) is 0.482. The second-order valence-electron chi connectivity index (χ2n) is 13.3. The van der Waals surface area contributed by atoms with Crippen molar-refractivity contribution in [3.63, 3.8) is 0 Å². The molecule has 0 radical (unpaired) electrons. The number of hydrogen-bond donors (Lipinski definition) is 3. The topological polar surface area (TPSA) is 156 Å². The Morgan fingerprint density at radius 1 is 1.02 bits per heavy atom. The highest BCUT2D eigenvalue weighted by Gasteiger charge is 2.76. The fourth-order valence-electron chi connectivity index (χ4n) is 7.79. The number of nitrogens with zero attached hydrogens (tertiary/aromatic N) is 2. The van der Waals surface area contributed by atoms with Gasteiger partial charge in [-0.2, -0.15) is 5.06 Å². The second kappa shape index (κ2) is 12.7. The summed E-state index contributed by atoms with van der Waals surface area (Å²) < 4.78 is 19.5. The number of aliphatic hydroxyl groups is 1. The van der Waals surface area contributed by atoms with Crippen LogP contribution < -0.4 is 10.6 Å². The van der Waals surface area contributed by atoms with Crippen molar-refractivity contribution in [1.82, 2.24) is 20.6 Å². The van der Waals surface area contributed by atoms with Gasteiger partial charge in [0, 0.05) is 58.9 Å². The highest BCUT2D eigenvalue weighted by atomic mass is 16.8. The number of carbonyl (C=O) groups excluding carboxylic acids is 4. The number of rotatable bonds is 10. The number of ether oxygens (including phenoxy) is 3. The van der Waals surface area contributed by atoms with E-state index >= 15 is 0 Å². The van der Waals surface area contributed by atoms with E-state index in [-0.39, 0.29) is 50.9 Å². The summed E-state index contributed by atoms with van der Waals surface area (Å²) in [7, 11) is 3.35. The van der Waals surface area contributed by atoms with Crippen LogP contribution in [-0.4, -0.2) is 109 Å². The first-order valence-electron chi connectivity index (χ1n) is 16.3. The van der Waals surface area contributed by atoms with Crippen LogP contribution in [0, 0.1) is 5.41 Å². The molecule has 0 aromatic heterocycles.